The zero-order chi connectivity index (χ0) is 20.5. The molecule has 3 rings (SSSR count). The number of carbonyl (C=O) groups is 1. The van der Waals surface area contributed by atoms with Gasteiger partial charge in [0.1, 0.15) is 0 Å². The van der Waals surface area contributed by atoms with Gasteiger partial charge in [-0.25, -0.2) is 13.4 Å². The van der Waals surface area contributed by atoms with Crippen LogP contribution < -0.4 is 5.32 Å². The second-order valence-corrected chi connectivity index (χ2v) is 10.9. The molecule has 1 N–H and O–H groups in total. The van der Waals surface area contributed by atoms with Gasteiger partial charge in [0.25, 0.3) is 0 Å². The van der Waals surface area contributed by atoms with Crippen LogP contribution in [-0.4, -0.2) is 35.7 Å². The average molecular weight is 424 g/mol. The maximum Gasteiger partial charge on any atom is 0.243 e. The molecule has 1 aromatic carbocycles. The Kier molecular flexibility index (Phi) is 6.41. The highest BCUT2D eigenvalue weighted by Gasteiger charge is 2.30. The monoisotopic (exact) mass is 423 g/mol. The number of thiazole rings is 1. The number of nitrogens with zero attached hydrogens (tertiary/aromatic N) is 2. The van der Waals surface area contributed by atoms with Crippen molar-refractivity contribution in [3.05, 3.63) is 18.2 Å². The predicted molar refractivity (Wildman–Crippen MR) is 114 cm³/mol. The molecule has 0 spiro atoms. The number of hydrogen-bond acceptors (Lipinski definition) is 5. The van der Waals surface area contributed by atoms with Crippen LogP contribution in [0.1, 0.15) is 59.8 Å². The van der Waals surface area contributed by atoms with Crippen molar-refractivity contribution >= 4 is 42.6 Å². The minimum Gasteiger partial charge on any atom is -0.302 e. The summed E-state index contributed by atoms with van der Waals surface area (Å²) in [5, 5.41) is 3.46. The molecule has 0 saturated heterocycles. The number of anilines is 1. The molecule has 2 aromatic rings. The van der Waals surface area contributed by atoms with Crippen LogP contribution in [0, 0.1) is 5.92 Å². The molecule has 0 atom stereocenters. The van der Waals surface area contributed by atoms with Crippen LogP contribution >= 0.6 is 11.3 Å². The zero-order valence-corrected chi connectivity index (χ0v) is 18.6. The summed E-state index contributed by atoms with van der Waals surface area (Å²) in [5.41, 5.74) is 0.698. The Balaban J connectivity index is 1.85. The van der Waals surface area contributed by atoms with E-state index in [1.54, 1.807) is 18.2 Å². The van der Waals surface area contributed by atoms with Gasteiger partial charge in [0.2, 0.25) is 15.9 Å². The Morgan fingerprint density at radius 2 is 1.79 bits per heavy atom. The van der Waals surface area contributed by atoms with E-state index in [-0.39, 0.29) is 28.8 Å². The molecule has 1 aliphatic rings. The maximum absolute atomic E-state index is 13.1. The van der Waals surface area contributed by atoms with Gasteiger partial charge in [-0.05, 0) is 58.7 Å². The second-order valence-electron chi connectivity index (χ2n) is 8.00. The quantitative estimate of drug-likeness (QED) is 0.735. The molecular formula is C20H29N3O3S2. The largest absolute Gasteiger partial charge is 0.302 e. The fraction of sp³-hybridized carbons (Fsp3) is 0.600. The molecule has 0 unspecified atom stereocenters. The molecule has 1 heterocycles. The fourth-order valence-corrected chi connectivity index (χ4v) is 6.81. The molecular weight excluding hydrogens is 394 g/mol. The van der Waals surface area contributed by atoms with Gasteiger partial charge in [0, 0.05) is 18.0 Å². The van der Waals surface area contributed by atoms with E-state index >= 15 is 0 Å². The number of sulfonamides is 1. The number of hydrogen-bond donors (Lipinski definition) is 1. The number of amides is 1. The predicted octanol–water partition coefficient (Wildman–Crippen LogP) is 4.62. The van der Waals surface area contributed by atoms with Crippen molar-refractivity contribution in [3.8, 4) is 0 Å². The van der Waals surface area contributed by atoms with Gasteiger partial charge in [-0.2, -0.15) is 4.31 Å². The maximum atomic E-state index is 13.1. The first-order chi connectivity index (χ1) is 13.2. The summed E-state index contributed by atoms with van der Waals surface area (Å²) in [4.78, 5) is 17.2. The summed E-state index contributed by atoms with van der Waals surface area (Å²) < 4.78 is 28.5. The van der Waals surface area contributed by atoms with Gasteiger partial charge in [-0.3, -0.25) is 4.79 Å². The van der Waals surface area contributed by atoms with Crippen LogP contribution in [0.4, 0.5) is 5.13 Å². The molecule has 1 fully saturated rings. The average Bonchev–Trinajstić information content (AvgIpc) is 3.02. The van der Waals surface area contributed by atoms with Crippen LogP contribution in [0.15, 0.2) is 23.1 Å². The highest BCUT2D eigenvalue weighted by Crippen LogP contribution is 2.31. The number of benzene rings is 1. The highest BCUT2D eigenvalue weighted by atomic mass is 32.2. The van der Waals surface area contributed by atoms with Crippen molar-refractivity contribution in [3.63, 3.8) is 0 Å². The van der Waals surface area contributed by atoms with Gasteiger partial charge >= 0.3 is 0 Å². The van der Waals surface area contributed by atoms with E-state index in [2.05, 4.69) is 10.3 Å². The molecule has 1 saturated carbocycles. The number of aromatic nitrogens is 1. The van der Waals surface area contributed by atoms with Crippen molar-refractivity contribution in [1.29, 1.82) is 0 Å². The molecule has 154 valence electrons. The Morgan fingerprint density at radius 1 is 1.14 bits per heavy atom. The molecule has 8 heteroatoms. The van der Waals surface area contributed by atoms with Crippen molar-refractivity contribution in [2.45, 2.75) is 76.8 Å². The van der Waals surface area contributed by atoms with Gasteiger partial charge in [0.15, 0.2) is 5.13 Å². The lowest BCUT2D eigenvalue weighted by molar-refractivity contribution is -0.120. The summed E-state index contributed by atoms with van der Waals surface area (Å²) in [6.07, 6.45) is 5.26. The Morgan fingerprint density at radius 3 is 2.39 bits per heavy atom. The first kappa shape index (κ1) is 21.2. The molecule has 1 aliphatic carbocycles. The minimum atomic E-state index is -3.60. The fourth-order valence-electron chi connectivity index (χ4n) is 3.96. The zero-order valence-electron chi connectivity index (χ0n) is 16.9. The van der Waals surface area contributed by atoms with Crippen molar-refractivity contribution in [2.75, 3.05) is 5.32 Å². The first-order valence-electron chi connectivity index (χ1n) is 9.95. The van der Waals surface area contributed by atoms with E-state index in [1.165, 1.54) is 22.1 Å². The normalized spacial score (nSPS) is 16.4. The third-order valence-electron chi connectivity index (χ3n) is 5.16. The molecule has 0 bridgehead atoms. The smallest absolute Gasteiger partial charge is 0.243 e. The summed E-state index contributed by atoms with van der Waals surface area (Å²) in [6.45, 7) is 7.51. The Labute approximate surface area is 171 Å². The number of fused-ring (bicyclic) bond motifs is 1. The standard InChI is InChI=1S/C20H29N3O3S2/c1-13(2)23(14(3)4)28(25,26)16-10-11-17-18(12-16)27-20(21-17)22-19(24)15-8-6-5-7-9-15/h10-15H,5-9H2,1-4H3,(H,21,22,24). The lowest BCUT2D eigenvalue weighted by Crippen LogP contribution is -2.41. The number of carbonyl (C=O) groups excluding carboxylic acids is 1. The molecule has 0 aliphatic heterocycles. The van der Waals surface area contributed by atoms with Crippen LogP contribution in [0.25, 0.3) is 10.2 Å². The highest BCUT2D eigenvalue weighted by molar-refractivity contribution is 7.89. The SMILES string of the molecule is CC(C)N(C(C)C)S(=O)(=O)c1ccc2nc(NC(=O)C3CCCCC3)sc2c1. The van der Waals surface area contributed by atoms with Gasteiger partial charge in [-0.1, -0.05) is 30.6 Å². The number of nitrogens with one attached hydrogen (secondary N) is 1. The van der Waals surface area contributed by atoms with Gasteiger partial charge < -0.3 is 5.32 Å². The lowest BCUT2D eigenvalue weighted by Gasteiger charge is -2.29. The lowest BCUT2D eigenvalue weighted by atomic mass is 9.89. The van der Waals surface area contributed by atoms with E-state index in [4.69, 9.17) is 0 Å². The third kappa shape index (κ3) is 4.39. The van der Waals surface area contributed by atoms with Crippen molar-refractivity contribution < 1.29 is 13.2 Å². The van der Waals surface area contributed by atoms with E-state index < -0.39 is 10.0 Å². The van der Waals surface area contributed by atoms with Crippen molar-refractivity contribution in [2.24, 2.45) is 5.92 Å². The molecule has 28 heavy (non-hydrogen) atoms. The second kappa shape index (κ2) is 8.47. The minimum absolute atomic E-state index is 0.0254. The van der Waals surface area contributed by atoms with Gasteiger partial charge in [-0.15, -0.1) is 0 Å². The summed E-state index contributed by atoms with van der Waals surface area (Å²) in [7, 11) is -3.60. The first-order valence-corrected chi connectivity index (χ1v) is 12.2. The summed E-state index contributed by atoms with van der Waals surface area (Å²) in [5.74, 6) is 0.0831. The van der Waals surface area contributed by atoms with E-state index in [1.807, 2.05) is 27.7 Å². The van der Waals surface area contributed by atoms with E-state index in [9.17, 15) is 13.2 Å². The molecule has 1 amide bonds. The molecule has 1 aromatic heterocycles. The van der Waals surface area contributed by atoms with Crippen LogP contribution in [0.3, 0.4) is 0 Å². The van der Waals surface area contributed by atoms with E-state index in [0.29, 0.717) is 10.6 Å². The van der Waals surface area contributed by atoms with Gasteiger partial charge in [0.05, 0.1) is 15.1 Å². The number of rotatable bonds is 6. The molecule has 6 nitrogen and oxygen atoms in total. The van der Waals surface area contributed by atoms with Crippen LogP contribution in [-0.2, 0) is 14.8 Å². The molecule has 0 radical (unpaired) electrons. The van der Waals surface area contributed by atoms with Crippen LogP contribution in [0.5, 0.6) is 0 Å². The topological polar surface area (TPSA) is 79.4 Å². The third-order valence-corrected chi connectivity index (χ3v) is 8.34. The summed E-state index contributed by atoms with van der Waals surface area (Å²) in [6, 6.07) is 4.71. The van der Waals surface area contributed by atoms with E-state index in [0.717, 1.165) is 30.4 Å². The Hall–Kier alpha value is -1.51. The summed E-state index contributed by atoms with van der Waals surface area (Å²) >= 11 is 1.32. The Bertz CT molecular complexity index is 937. The van der Waals surface area contributed by atoms with Crippen LogP contribution in [0.2, 0.25) is 0 Å². The van der Waals surface area contributed by atoms with Crippen molar-refractivity contribution in [1.82, 2.24) is 9.29 Å².